The molecule has 0 amide bonds. The lowest BCUT2D eigenvalue weighted by Gasteiger charge is -2.36. The van der Waals surface area contributed by atoms with Gasteiger partial charge in [0.1, 0.15) is 0 Å². The third-order valence-corrected chi connectivity index (χ3v) is 2.87. The van der Waals surface area contributed by atoms with Crippen LogP contribution < -0.4 is 0 Å². The van der Waals surface area contributed by atoms with Gasteiger partial charge in [0.2, 0.25) is 0 Å². The van der Waals surface area contributed by atoms with Crippen LogP contribution in [0.15, 0.2) is 30.3 Å². The molecular weight excluding hydrogens is 218 g/mol. The van der Waals surface area contributed by atoms with Crippen molar-refractivity contribution in [3.8, 4) is 0 Å². The average Bonchev–Trinajstić information content (AvgIpc) is 2.28. The van der Waals surface area contributed by atoms with Crippen LogP contribution in [0.2, 0.25) is 0 Å². The van der Waals surface area contributed by atoms with Gasteiger partial charge in [0.25, 0.3) is 0 Å². The van der Waals surface area contributed by atoms with E-state index in [2.05, 4.69) is 0 Å². The van der Waals surface area contributed by atoms with Gasteiger partial charge >= 0.3 is 5.97 Å². The van der Waals surface area contributed by atoms with Crippen molar-refractivity contribution in [3.63, 3.8) is 0 Å². The number of morpholine rings is 1. The fraction of sp³-hybridized carbons (Fsp3) is 0.462. The van der Waals surface area contributed by atoms with E-state index in [0.29, 0.717) is 13.1 Å². The van der Waals surface area contributed by atoms with Crippen molar-refractivity contribution in [1.29, 1.82) is 0 Å². The van der Waals surface area contributed by atoms with E-state index < -0.39 is 5.97 Å². The van der Waals surface area contributed by atoms with E-state index in [0.717, 1.165) is 5.56 Å². The Morgan fingerprint density at radius 1 is 1.41 bits per heavy atom. The normalized spacial score (nSPS) is 25.7. The highest BCUT2D eigenvalue weighted by Crippen LogP contribution is 2.24. The predicted molar refractivity (Wildman–Crippen MR) is 63.8 cm³/mol. The van der Waals surface area contributed by atoms with Crippen LogP contribution in [0.1, 0.15) is 18.6 Å². The van der Waals surface area contributed by atoms with Crippen molar-refractivity contribution in [2.24, 2.45) is 0 Å². The topological polar surface area (TPSA) is 49.8 Å². The maximum Gasteiger partial charge on any atom is 0.317 e. The van der Waals surface area contributed by atoms with Gasteiger partial charge < -0.3 is 9.84 Å². The molecule has 1 fully saturated rings. The molecule has 0 saturated carbocycles. The fourth-order valence-electron chi connectivity index (χ4n) is 2.21. The van der Waals surface area contributed by atoms with E-state index in [4.69, 9.17) is 9.84 Å². The van der Waals surface area contributed by atoms with Gasteiger partial charge in [-0.05, 0) is 12.5 Å². The molecule has 92 valence electrons. The standard InChI is InChI=1S/C13H17NO3/c1-10-7-14(9-13(15)16)8-12(17-10)11-5-3-2-4-6-11/h2-6,10,12H,7-9H2,1H3,(H,15,16)/t10-,12+/m1/s1. The van der Waals surface area contributed by atoms with E-state index in [1.54, 1.807) is 0 Å². The average molecular weight is 235 g/mol. The van der Waals surface area contributed by atoms with Crippen LogP contribution in [0.25, 0.3) is 0 Å². The third kappa shape index (κ3) is 3.28. The van der Waals surface area contributed by atoms with E-state index in [9.17, 15) is 4.79 Å². The molecule has 0 spiro atoms. The van der Waals surface area contributed by atoms with Crippen LogP contribution >= 0.6 is 0 Å². The van der Waals surface area contributed by atoms with Crippen LogP contribution in [0, 0.1) is 0 Å². The lowest BCUT2D eigenvalue weighted by atomic mass is 10.1. The summed E-state index contributed by atoms with van der Waals surface area (Å²) in [5.41, 5.74) is 1.11. The molecule has 1 aliphatic heterocycles. The highest BCUT2D eigenvalue weighted by molar-refractivity contribution is 5.69. The van der Waals surface area contributed by atoms with E-state index >= 15 is 0 Å². The quantitative estimate of drug-likeness (QED) is 0.863. The Hall–Kier alpha value is -1.39. The van der Waals surface area contributed by atoms with Gasteiger partial charge in [-0.2, -0.15) is 0 Å². The Kier molecular flexibility index (Phi) is 3.76. The molecule has 1 aromatic carbocycles. The fourth-order valence-corrected chi connectivity index (χ4v) is 2.21. The first-order valence-corrected chi connectivity index (χ1v) is 5.79. The molecule has 2 atom stereocenters. The van der Waals surface area contributed by atoms with Gasteiger partial charge in [0, 0.05) is 13.1 Å². The molecule has 17 heavy (non-hydrogen) atoms. The lowest BCUT2D eigenvalue weighted by Crippen LogP contribution is -2.44. The van der Waals surface area contributed by atoms with Gasteiger partial charge in [-0.25, -0.2) is 0 Å². The van der Waals surface area contributed by atoms with E-state index in [1.165, 1.54) is 0 Å². The predicted octanol–water partition coefficient (Wildman–Crippen LogP) is 1.53. The van der Waals surface area contributed by atoms with Crippen molar-refractivity contribution in [2.45, 2.75) is 19.1 Å². The molecular formula is C13H17NO3. The van der Waals surface area contributed by atoms with E-state index in [-0.39, 0.29) is 18.8 Å². The molecule has 0 bridgehead atoms. The summed E-state index contributed by atoms with van der Waals surface area (Å²) in [7, 11) is 0. The van der Waals surface area contributed by atoms with E-state index in [1.807, 2.05) is 42.2 Å². The summed E-state index contributed by atoms with van der Waals surface area (Å²) in [5, 5.41) is 8.83. The minimum atomic E-state index is -0.786. The Balaban J connectivity index is 2.06. The number of benzene rings is 1. The SMILES string of the molecule is C[C@@H]1CN(CC(=O)O)C[C@@H](c2ccccc2)O1. The zero-order chi connectivity index (χ0) is 12.3. The van der Waals surface area contributed by atoms with Gasteiger partial charge in [0.05, 0.1) is 18.8 Å². The number of carboxylic acids is 1. The molecule has 0 aliphatic carbocycles. The van der Waals surface area contributed by atoms with Crippen LogP contribution in [0.3, 0.4) is 0 Å². The van der Waals surface area contributed by atoms with Crippen molar-refractivity contribution < 1.29 is 14.6 Å². The molecule has 0 unspecified atom stereocenters. The second kappa shape index (κ2) is 5.29. The Labute approximate surface area is 101 Å². The summed E-state index contributed by atoms with van der Waals surface area (Å²) in [4.78, 5) is 12.7. The lowest BCUT2D eigenvalue weighted by molar-refractivity contribution is -0.142. The van der Waals surface area contributed by atoms with Crippen molar-refractivity contribution in [1.82, 2.24) is 4.90 Å². The second-order valence-corrected chi connectivity index (χ2v) is 4.43. The smallest absolute Gasteiger partial charge is 0.317 e. The van der Waals surface area contributed by atoms with Gasteiger partial charge in [-0.15, -0.1) is 0 Å². The zero-order valence-corrected chi connectivity index (χ0v) is 9.87. The maximum absolute atomic E-state index is 10.7. The first kappa shape index (κ1) is 12.1. The van der Waals surface area contributed by atoms with Crippen LogP contribution in [-0.2, 0) is 9.53 Å². The first-order valence-electron chi connectivity index (χ1n) is 5.79. The number of rotatable bonds is 3. The third-order valence-electron chi connectivity index (χ3n) is 2.87. The number of hydrogen-bond acceptors (Lipinski definition) is 3. The van der Waals surface area contributed by atoms with Crippen molar-refractivity contribution >= 4 is 5.97 Å². The molecule has 1 aliphatic rings. The molecule has 1 aromatic rings. The summed E-state index contributed by atoms with van der Waals surface area (Å²) in [6, 6.07) is 9.94. The first-order chi connectivity index (χ1) is 8.15. The molecule has 1 saturated heterocycles. The summed E-state index contributed by atoms with van der Waals surface area (Å²) in [6.45, 7) is 3.37. The molecule has 0 aromatic heterocycles. The summed E-state index contributed by atoms with van der Waals surface area (Å²) >= 11 is 0. The summed E-state index contributed by atoms with van der Waals surface area (Å²) in [5.74, 6) is -0.786. The number of carbonyl (C=O) groups is 1. The van der Waals surface area contributed by atoms with Gasteiger partial charge in [0.15, 0.2) is 0 Å². The largest absolute Gasteiger partial charge is 0.480 e. The highest BCUT2D eigenvalue weighted by Gasteiger charge is 2.27. The maximum atomic E-state index is 10.7. The number of aliphatic carboxylic acids is 1. The van der Waals surface area contributed by atoms with Gasteiger partial charge in [-0.3, -0.25) is 9.69 Å². The number of ether oxygens (including phenoxy) is 1. The van der Waals surface area contributed by atoms with Crippen LogP contribution in [0.4, 0.5) is 0 Å². The second-order valence-electron chi connectivity index (χ2n) is 4.43. The number of carboxylic acid groups (broad SMARTS) is 1. The van der Waals surface area contributed by atoms with Gasteiger partial charge in [-0.1, -0.05) is 30.3 Å². The Bertz CT molecular complexity index is 380. The zero-order valence-electron chi connectivity index (χ0n) is 9.87. The Morgan fingerprint density at radius 2 is 2.12 bits per heavy atom. The molecule has 2 rings (SSSR count). The molecule has 4 nitrogen and oxygen atoms in total. The molecule has 0 radical (unpaired) electrons. The van der Waals surface area contributed by atoms with Crippen LogP contribution in [0.5, 0.6) is 0 Å². The molecule has 1 heterocycles. The Morgan fingerprint density at radius 3 is 2.76 bits per heavy atom. The van der Waals surface area contributed by atoms with Crippen LogP contribution in [-0.4, -0.2) is 41.7 Å². The molecule has 1 N–H and O–H groups in total. The van der Waals surface area contributed by atoms with Crippen molar-refractivity contribution in [3.05, 3.63) is 35.9 Å². The molecule has 4 heteroatoms. The number of nitrogens with zero attached hydrogens (tertiary/aromatic N) is 1. The summed E-state index contributed by atoms with van der Waals surface area (Å²) in [6.07, 6.45) is 0.0348. The minimum Gasteiger partial charge on any atom is -0.480 e. The minimum absolute atomic E-state index is 0.0284. The number of hydrogen-bond donors (Lipinski definition) is 1. The van der Waals surface area contributed by atoms with Crippen molar-refractivity contribution in [2.75, 3.05) is 19.6 Å². The monoisotopic (exact) mass is 235 g/mol. The highest BCUT2D eigenvalue weighted by atomic mass is 16.5. The summed E-state index contributed by atoms with van der Waals surface area (Å²) < 4.78 is 5.85.